The van der Waals surface area contributed by atoms with Crippen molar-refractivity contribution in [3.63, 3.8) is 0 Å². The first kappa shape index (κ1) is 17.5. The van der Waals surface area contributed by atoms with Crippen LogP contribution in [0.3, 0.4) is 0 Å². The first-order valence-electron chi connectivity index (χ1n) is 9.19. The van der Waals surface area contributed by atoms with Crippen LogP contribution in [0.1, 0.15) is 23.8 Å². The number of rotatable bonds is 7. The van der Waals surface area contributed by atoms with Crippen LogP contribution in [0.2, 0.25) is 0 Å². The molecule has 3 rings (SSSR count). The Labute approximate surface area is 150 Å². The third kappa shape index (κ3) is 5.36. The topological polar surface area (TPSA) is 52.8 Å². The van der Waals surface area contributed by atoms with Crippen molar-refractivity contribution in [2.75, 3.05) is 32.7 Å². The summed E-state index contributed by atoms with van der Waals surface area (Å²) in [6.45, 7) is 7.72. The molecule has 1 aliphatic heterocycles. The molecule has 1 aliphatic rings. The highest BCUT2D eigenvalue weighted by atomic mass is 16.3. The molecule has 5 nitrogen and oxygen atoms in total. The lowest BCUT2D eigenvalue weighted by Crippen LogP contribution is -2.39. The van der Waals surface area contributed by atoms with Crippen LogP contribution in [0.5, 0.6) is 0 Å². The third-order valence-corrected chi connectivity index (χ3v) is 4.48. The fourth-order valence-corrected chi connectivity index (χ4v) is 3.15. The number of fused-ring (bicyclic) bond motifs is 1. The zero-order chi connectivity index (χ0) is 17.3. The number of nitrogens with one attached hydrogen (secondary N) is 2. The molecule has 0 unspecified atom stereocenters. The van der Waals surface area contributed by atoms with Crippen LogP contribution >= 0.6 is 0 Å². The highest BCUT2D eigenvalue weighted by Gasteiger charge is 2.14. The van der Waals surface area contributed by atoms with Crippen molar-refractivity contribution in [1.29, 1.82) is 0 Å². The van der Waals surface area contributed by atoms with Gasteiger partial charge in [-0.25, -0.2) is 0 Å². The number of nitrogens with zero attached hydrogens (tertiary/aromatic N) is 2. The average molecular weight is 340 g/mol. The van der Waals surface area contributed by atoms with Gasteiger partial charge in [0.1, 0.15) is 5.76 Å². The van der Waals surface area contributed by atoms with Gasteiger partial charge < -0.3 is 15.1 Å². The predicted molar refractivity (Wildman–Crippen MR) is 102 cm³/mol. The van der Waals surface area contributed by atoms with Crippen LogP contribution in [-0.4, -0.2) is 43.6 Å². The van der Waals surface area contributed by atoms with Gasteiger partial charge in [0.25, 0.3) is 0 Å². The Hall–Kier alpha value is -2.27. The Balaban J connectivity index is 1.43. The van der Waals surface area contributed by atoms with E-state index in [1.807, 2.05) is 12.1 Å². The van der Waals surface area contributed by atoms with Gasteiger partial charge in [0.15, 0.2) is 5.96 Å². The lowest BCUT2D eigenvalue weighted by atomic mass is 10.0. The highest BCUT2D eigenvalue weighted by molar-refractivity contribution is 5.79. The summed E-state index contributed by atoms with van der Waals surface area (Å²) in [6.07, 6.45) is 3.72. The summed E-state index contributed by atoms with van der Waals surface area (Å²) in [5.74, 6) is 1.88. The van der Waals surface area contributed by atoms with Crippen LogP contribution in [-0.2, 0) is 19.4 Å². The summed E-state index contributed by atoms with van der Waals surface area (Å²) in [4.78, 5) is 7.19. The molecule has 134 valence electrons. The summed E-state index contributed by atoms with van der Waals surface area (Å²) in [7, 11) is 0. The summed E-state index contributed by atoms with van der Waals surface area (Å²) in [6, 6.07) is 12.7. The normalized spacial score (nSPS) is 15.0. The lowest BCUT2D eigenvalue weighted by molar-refractivity contribution is 0.261. The van der Waals surface area contributed by atoms with E-state index in [0.717, 1.165) is 63.8 Å². The zero-order valence-corrected chi connectivity index (χ0v) is 15.0. The molecule has 0 amide bonds. The number of guanidine groups is 1. The molecule has 2 aromatic rings. The van der Waals surface area contributed by atoms with Gasteiger partial charge in [0.05, 0.1) is 12.8 Å². The van der Waals surface area contributed by atoms with E-state index < -0.39 is 0 Å². The molecule has 0 saturated carbocycles. The molecule has 0 spiro atoms. The van der Waals surface area contributed by atoms with Gasteiger partial charge in [-0.15, -0.1) is 0 Å². The Bertz CT molecular complexity index is 666. The smallest absolute Gasteiger partial charge is 0.191 e. The van der Waals surface area contributed by atoms with E-state index in [2.05, 4.69) is 46.7 Å². The van der Waals surface area contributed by atoms with Gasteiger partial charge in [-0.3, -0.25) is 9.89 Å². The number of hydrogen-bond acceptors (Lipinski definition) is 3. The molecule has 0 aliphatic carbocycles. The maximum atomic E-state index is 5.36. The van der Waals surface area contributed by atoms with Crippen molar-refractivity contribution >= 4 is 5.96 Å². The predicted octanol–water partition coefficient (Wildman–Crippen LogP) is 2.44. The molecule has 0 radical (unpaired) electrons. The third-order valence-electron chi connectivity index (χ3n) is 4.48. The van der Waals surface area contributed by atoms with Crippen LogP contribution in [0.4, 0.5) is 0 Å². The van der Waals surface area contributed by atoms with E-state index in [0.29, 0.717) is 0 Å². The molecule has 0 atom stereocenters. The zero-order valence-electron chi connectivity index (χ0n) is 15.0. The number of benzene rings is 1. The molecule has 5 heteroatoms. The molecule has 1 aromatic heterocycles. The molecular weight excluding hydrogens is 312 g/mol. The average Bonchev–Trinajstić information content (AvgIpc) is 3.15. The number of hydrogen-bond donors (Lipinski definition) is 2. The maximum Gasteiger partial charge on any atom is 0.191 e. The molecule has 2 N–H and O–H groups in total. The summed E-state index contributed by atoms with van der Waals surface area (Å²) in [5.41, 5.74) is 2.95. The van der Waals surface area contributed by atoms with Crippen LogP contribution in [0, 0.1) is 0 Å². The van der Waals surface area contributed by atoms with E-state index in [1.54, 1.807) is 6.26 Å². The molecule has 0 fully saturated rings. The van der Waals surface area contributed by atoms with E-state index in [1.165, 1.54) is 11.1 Å². The molecular formula is C20H28N4O. The Morgan fingerprint density at radius 1 is 1.16 bits per heavy atom. The highest BCUT2D eigenvalue weighted by Crippen LogP contribution is 2.17. The van der Waals surface area contributed by atoms with Crippen LogP contribution < -0.4 is 10.6 Å². The lowest BCUT2D eigenvalue weighted by Gasteiger charge is -2.28. The summed E-state index contributed by atoms with van der Waals surface area (Å²) >= 11 is 0. The Kier molecular flexibility index (Phi) is 6.51. The molecule has 1 aromatic carbocycles. The summed E-state index contributed by atoms with van der Waals surface area (Å²) in [5, 5.41) is 6.68. The fraction of sp³-hybridized carbons (Fsp3) is 0.450. The minimum atomic E-state index is 0.804. The van der Waals surface area contributed by atoms with E-state index in [4.69, 9.17) is 9.41 Å². The van der Waals surface area contributed by atoms with Crippen molar-refractivity contribution in [3.8, 4) is 0 Å². The van der Waals surface area contributed by atoms with Gasteiger partial charge in [-0.05, 0) is 36.6 Å². The van der Waals surface area contributed by atoms with Gasteiger partial charge in [-0.1, -0.05) is 24.3 Å². The maximum absolute atomic E-state index is 5.36. The number of furan rings is 1. The van der Waals surface area contributed by atoms with Gasteiger partial charge in [-0.2, -0.15) is 0 Å². The van der Waals surface area contributed by atoms with Gasteiger partial charge in [0.2, 0.25) is 0 Å². The summed E-state index contributed by atoms with van der Waals surface area (Å²) < 4.78 is 5.36. The standard InChI is InChI=1S/C20H28N4O/c1-2-21-20(22-11-9-19-8-5-15-25-19)23-12-14-24-13-10-17-6-3-4-7-18(17)16-24/h3-8,15H,2,9-14,16H2,1H3,(H2,21,22,23). The van der Waals surface area contributed by atoms with E-state index in [-0.39, 0.29) is 0 Å². The van der Waals surface area contributed by atoms with Crippen molar-refractivity contribution in [1.82, 2.24) is 15.5 Å². The largest absolute Gasteiger partial charge is 0.469 e. The first-order chi connectivity index (χ1) is 12.3. The number of aliphatic imine (C=N–C) groups is 1. The first-order valence-corrected chi connectivity index (χ1v) is 9.19. The van der Waals surface area contributed by atoms with Crippen LogP contribution in [0.15, 0.2) is 52.1 Å². The Morgan fingerprint density at radius 3 is 2.84 bits per heavy atom. The second kappa shape index (κ2) is 9.28. The van der Waals surface area contributed by atoms with Crippen molar-refractivity contribution in [2.45, 2.75) is 26.3 Å². The van der Waals surface area contributed by atoms with Crippen LogP contribution in [0.25, 0.3) is 0 Å². The van der Waals surface area contributed by atoms with Gasteiger partial charge >= 0.3 is 0 Å². The van der Waals surface area contributed by atoms with Crippen molar-refractivity contribution in [2.24, 2.45) is 4.99 Å². The Morgan fingerprint density at radius 2 is 2.04 bits per heavy atom. The fourth-order valence-electron chi connectivity index (χ4n) is 3.15. The van der Waals surface area contributed by atoms with Gasteiger partial charge in [0, 0.05) is 39.1 Å². The molecule has 0 saturated heterocycles. The monoisotopic (exact) mass is 340 g/mol. The quantitative estimate of drug-likeness (QED) is 0.600. The van der Waals surface area contributed by atoms with E-state index >= 15 is 0 Å². The molecule has 0 bridgehead atoms. The molecule has 25 heavy (non-hydrogen) atoms. The SMILES string of the molecule is CCNC(=NCCN1CCc2ccccc2C1)NCCc1ccco1. The molecule has 2 heterocycles. The minimum absolute atomic E-state index is 0.804. The van der Waals surface area contributed by atoms with Crippen molar-refractivity contribution in [3.05, 3.63) is 59.5 Å². The second-order valence-corrected chi connectivity index (χ2v) is 6.31. The van der Waals surface area contributed by atoms with E-state index in [9.17, 15) is 0 Å². The second-order valence-electron chi connectivity index (χ2n) is 6.31. The van der Waals surface area contributed by atoms with Crippen molar-refractivity contribution < 1.29 is 4.42 Å². The minimum Gasteiger partial charge on any atom is -0.469 e.